The number of nitrogens with zero attached hydrogens (tertiary/aromatic N) is 1. The average molecular weight is 373 g/mol. The molecular weight excluding hydrogens is 349 g/mol. The van der Waals surface area contributed by atoms with Gasteiger partial charge in [0.2, 0.25) is 5.91 Å². The van der Waals surface area contributed by atoms with Gasteiger partial charge in [0.1, 0.15) is 5.75 Å². The lowest BCUT2D eigenvalue weighted by Crippen LogP contribution is -2.49. The molecule has 1 aromatic carbocycles. The van der Waals surface area contributed by atoms with Gasteiger partial charge in [-0.1, -0.05) is 6.07 Å². The molecule has 0 bridgehead atoms. The number of ether oxygens (including phenoxy) is 2. The van der Waals surface area contributed by atoms with Crippen molar-refractivity contribution in [3.05, 3.63) is 54.1 Å². The summed E-state index contributed by atoms with van der Waals surface area (Å²) in [6.07, 6.45) is 4.58. The van der Waals surface area contributed by atoms with Gasteiger partial charge in [0.05, 0.1) is 18.2 Å². The molecule has 2 N–H and O–H groups in total. The van der Waals surface area contributed by atoms with Gasteiger partial charge in [-0.15, -0.1) is 0 Å². The summed E-state index contributed by atoms with van der Waals surface area (Å²) in [5, 5.41) is 6.18. The van der Waals surface area contributed by atoms with E-state index in [1.807, 2.05) is 0 Å². The van der Waals surface area contributed by atoms with Crippen LogP contribution in [0.15, 0.2) is 42.7 Å². The Hall–Kier alpha value is -2.51. The number of nitrogens with one attached hydrogen (secondary N) is 2. The third-order valence-electron chi connectivity index (χ3n) is 4.77. The third kappa shape index (κ3) is 4.81. The lowest BCUT2D eigenvalue weighted by Gasteiger charge is -2.35. The van der Waals surface area contributed by atoms with E-state index in [-0.39, 0.29) is 18.2 Å². The molecule has 1 fully saturated rings. The second-order valence-electron chi connectivity index (χ2n) is 6.70. The van der Waals surface area contributed by atoms with Gasteiger partial charge in [-0.3, -0.25) is 9.78 Å². The standard InChI is InChI=1S/C20H24FN3O3/c1-26-14-20(6-9-22-10-7-20)19(25)24-12-15-4-5-18(17(21)11-15)27-16-3-2-8-23-13-16/h2-5,8,11,13,22H,6-7,9-10,12,14H2,1H3,(H,24,25). The first-order valence-electron chi connectivity index (χ1n) is 8.97. The fourth-order valence-corrected chi connectivity index (χ4v) is 3.26. The highest BCUT2D eigenvalue weighted by Gasteiger charge is 2.39. The summed E-state index contributed by atoms with van der Waals surface area (Å²) in [4.78, 5) is 16.7. The summed E-state index contributed by atoms with van der Waals surface area (Å²) in [6, 6.07) is 8.08. The van der Waals surface area contributed by atoms with E-state index in [1.54, 1.807) is 37.6 Å². The number of pyridine rings is 1. The predicted octanol–water partition coefficient (Wildman–Crippen LogP) is 2.65. The molecule has 0 saturated carbocycles. The van der Waals surface area contributed by atoms with E-state index in [2.05, 4.69) is 15.6 Å². The molecule has 0 aliphatic carbocycles. The molecule has 3 rings (SSSR count). The Morgan fingerprint density at radius 2 is 2.15 bits per heavy atom. The molecule has 27 heavy (non-hydrogen) atoms. The first-order valence-corrected chi connectivity index (χ1v) is 8.97. The van der Waals surface area contributed by atoms with Crippen LogP contribution < -0.4 is 15.4 Å². The minimum atomic E-state index is -0.526. The summed E-state index contributed by atoms with van der Waals surface area (Å²) in [5.74, 6) is 0.0400. The molecule has 1 aliphatic heterocycles. The highest BCUT2D eigenvalue weighted by molar-refractivity contribution is 5.83. The molecule has 1 amide bonds. The average Bonchev–Trinajstić information content (AvgIpc) is 2.70. The number of halogens is 1. The Morgan fingerprint density at radius 1 is 1.33 bits per heavy atom. The third-order valence-corrected chi connectivity index (χ3v) is 4.77. The smallest absolute Gasteiger partial charge is 0.228 e. The lowest BCUT2D eigenvalue weighted by atomic mass is 9.78. The maximum Gasteiger partial charge on any atom is 0.228 e. The molecule has 1 aliphatic rings. The summed E-state index contributed by atoms with van der Waals surface area (Å²) in [5.41, 5.74) is 0.142. The van der Waals surface area contributed by atoms with Crippen LogP contribution in [0.25, 0.3) is 0 Å². The maximum absolute atomic E-state index is 14.3. The molecule has 0 atom stereocenters. The molecule has 2 aromatic rings. The van der Waals surface area contributed by atoms with Crippen molar-refractivity contribution in [3.63, 3.8) is 0 Å². The topological polar surface area (TPSA) is 72.5 Å². The van der Waals surface area contributed by atoms with Crippen LogP contribution in [0.2, 0.25) is 0 Å². The molecule has 144 valence electrons. The van der Waals surface area contributed by atoms with Crippen molar-refractivity contribution < 1.29 is 18.7 Å². The number of hydrogen-bond acceptors (Lipinski definition) is 5. The van der Waals surface area contributed by atoms with E-state index in [9.17, 15) is 9.18 Å². The van der Waals surface area contributed by atoms with Gasteiger partial charge in [0.15, 0.2) is 11.6 Å². The van der Waals surface area contributed by atoms with Crippen molar-refractivity contribution in [2.45, 2.75) is 19.4 Å². The van der Waals surface area contributed by atoms with Crippen LogP contribution in [-0.4, -0.2) is 37.7 Å². The summed E-state index contributed by atoms with van der Waals surface area (Å²) in [7, 11) is 1.60. The van der Waals surface area contributed by atoms with E-state index < -0.39 is 11.2 Å². The molecule has 1 saturated heterocycles. The largest absolute Gasteiger partial charge is 0.453 e. The van der Waals surface area contributed by atoms with E-state index in [4.69, 9.17) is 9.47 Å². The monoisotopic (exact) mass is 373 g/mol. The molecule has 7 heteroatoms. The van der Waals surface area contributed by atoms with E-state index >= 15 is 0 Å². The molecule has 1 aromatic heterocycles. The van der Waals surface area contributed by atoms with Crippen LogP contribution >= 0.6 is 0 Å². The molecule has 0 unspecified atom stereocenters. The zero-order chi connectivity index (χ0) is 19.1. The van der Waals surface area contributed by atoms with Crippen molar-refractivity contribution in [3.8, 4) is 11.5 Å². The van der Waals surface area contributed by atoms with E-state index in [0.717, 1.165) is 25.9 Å². The summed E-state index contributed by atoms with van der Waals surface area (Å²) < 4.78 is 25.1. The number of aromatic nitrogens is 1. The van der Waals surface area contributed by atoms with Crippen molar-refractivity contribution in [1.82, 2.24) is 15.6 Å². The Kier molecular flexibility index (Phi) is 6.36. The van der Waals surface area contributed by atoms with Crippen molar-refractivity contribution in [2.24, 2.45) is 5.41 Å². The molecule has 2 heterocycles. The van der Waals surface area contributed by atoms with Crippen molar-refractivity contribution >= 4 is 5.91 Å². The fourth-order valence-electron chi connectivity index (χ4n) is 3.26. The lowest BCUT2D eigenvalue weighted by molar-refractivity contribution is -0.136. The van der Waals surface area contributed by atoms with Gasteiger partial charge in [0, 0.05) is 19.9 Å². The Morgan fingerprint density at radius 3 is 2.81 bits per heavy atom. The fraction of sp³-hybridized carbons (Fsp3) is 0.400. The van der Waals surface area contributed by atoms with Gasteiger partial charge in [-0.2, -0.15) is 0 Å². The summed E-state index contributed by atoms with van der Waals surface area (Å²) in [6.45, 7) is 2.20. The summed E-state index contributed by atoms with van der Waals surface area (Å²) >= 11 is 0. The van der Waals surface area contributed by atoms with Crippen LogP contribution in [-0.2, 0) is 16.1 Å². The predicted molar refractivity (Wildman–Crippen MR) is 99.0 cm³/mol. The molecule has 6 nitrogen and oxygen atoms in total. The van der Waals surface area contributed by atoms with Gasteiger partial charge in [0.25, 0.3) is 0 Å². The van der Waals surface area contributed by atoms with E-state index in [1.165, 1.54) is 12.3 Å². The second-order valence-corrected chi connectivity index (χ2v) is 6.70. The van der Waals surface area contributed by atoms with Crippen LogP contribution in [0.5, 0.6) is 11.5 Å². The highest BCUT2D eigenvalue weighted by Crippen LogP contribution is 2.30. The molecule has 0 radical (unpaired) electrons. The Bertz CT molecular complexity index is 759. The SMILES string of the molecule is COCC1(C(=O)NCc2ccc(Oc3cccnc3)c(F)c2)CCNCC1. The minimum Gasteiger partial charge on any atom is -0.453 e. The van der Waals surface area contributed by atoms with Crippen molar-refractivity contribution in [2.75, 3.05) is 26.8 Å². The molecular formula is C20H24FN3O3. The van der Waals surface area contributed by atoms with Crippen LogP contribution in [0.3, 0.4) is 0 Å². The number of benzene rings is 1. The number of piperidine rings is 1. The van der Waals surface area contributed by atoms with Gasteiger partial charge < -0.3 is 20.1 Å². The number of methoxy groups -OCH3 is 1. The zero-order valence-corrected chi connectivity index (χ0v) is 15.3. The number of amides is 1. The minimum absolute atomic E-state index is 0.0538. The highest BCUT2D eigenvalue weighted by atomic mass is 19.1. The van der Waals surface area contributed by atoms with Crippen LogP contribution in [0, 0.1) is 11.2 Å². The first-order chi connectivity index (χ1) is 13.1. The Balaban J connectivity index is 1.62. The number of hydrogen-bond donors (Lipinski definition) is 2. The normalized spacial score (nSPS) is 15.9. The van der Waals surface area contributed by atoms with Crippen molar-refractivity contribution in [1.29, 1.82) is 0 Å². The van der Waals surface area contributed by atoms with Crippen LogP contribution in [0.4, 0.5) is 4.39 Å². The first kappa shape index (κ1) is 19.3. The maximum atomic E-state index is 14.3. The number of carbonyl (C=O) groups is 1. The van der Waals surface area contributed by atoms with Gasteiger partial charge in [-0.25, -0.2) is 4.39 Å². The van der Waals surface area contributed by atoms with E-state index in [0.29, 0.717) is 17.9 Å². The zero-order valence-electron chi connectivity index (χ0n) is 15.3. The Labute approximate surface area is 158 Å². The number of rotatable bonds is 7. The van der Waals surface area contributed by atoms with Gasteiger partial charge >= 0.3 is 0 Å². The quantitative estimate of drug-likeness (QED) is 0.781. The second kappa shape index (κ2) is 8.92. The van der Waals surface area contributed by atoms with Crippen LogP contribution in [0.1, 0.15) is 18.4 Å². The molecule has 0 spiro atoms. The number of carbonyl (C=O) groups excluding carboxylic acids is 1. The van der Waals surface area contributed by atoms with Gasteiger partial charge in [-0.05, 0) is 55.8 Å².